The Balaban J connectivity index is 1.44. The number of rotatable bonds is 9. The Hall–Kier alpha value is -1.60. The number of unbranched alkanes of at least 4 members (excludes halogenated alkanes) is 1. The summed E-state index contributed by atoms with van der Waals surface area (Å²) < 4.78 is 0. The van der Waals surface area contributed by atoms with Crippen molar-refractivity contribution in [3.63, 3.8) is 0 Å². The van der Waals surface area contributed by atoms with Gasteiger partial charge < -0.3 is 0 Å². The average molecular weight is 266 g/mol. The van der Waals surface area contributed by atoms with Gasteiger partial charge in [0.25, 0.3) is 0 Å². The molecular formula is C19H24N. The van der Waals surface area contributed by atoms with E-state index in [4.69, 9.17) is 0 Å². The molecule has 0 saturated heterocycles. The summed E-state index contributed by atoms with van der Waals surface area (Å²) in [5.41, 5.74) is 2.86. The highest BCUT2D eigenvalue weighted by molar-refractivity contribution is 5.15. The monoisotopic (exact) mass is 266 g/mol. The molecule has 0 N–H and O–H groups in total. The fraction of sp³-hybridized carbons (Fsp3) is 0.368. The molecule has 0 aliphatic heterocycles. The molecule has 0 heterocycles. The minimum atomic E-state index is 1.00. The lowest BCUT2D eigenvalue weighted by Gasteiger charge is -2.04. The molecule has 2 rings (SSSR count). The van der Waals surface area contributed by atoms with E-state index in [9.17, 15) is 0 Å². The van der Waals surface area contributed by atoms with Crippen LogP contribution in [-0.4, -0.2) is 13.1 Å². The van der Waals surface area contributed by atoms with Gasteiger partial charge in [0.2, 0.25) is 0 Å². The van der Waals surface area contributed by atoms with Crippen LogP contribution in [0.15, 0.2) is 60.7 Å². The Bertz CT molecular complexity index is 404. The van der Waals surface area contributed by atoms with Gasteiger partial charge in [-0.15, -0.1) is 0 Å². The maximum Gasteiger partial charge on any atom is 0.0136 e. The summed E-state index contributed by atoms with van der Waals surface area (Å²) >= 11 is 0. The second kappa shape index (κ2) is 9.33. The largest absolute Gasteiger partial charge is 0.242 e. The smallest absolute Gasteiger partial charge is 0.0136 e. The zero-order valence-electron chi connectivity index (χ0n) is 12.2. The van der Waals surface area contributed by atoms with Gasteiger partial charge in [-0.2, -0.15) is 0 Å². The van der Waals surface area contributed by atoms with Crippen LogP contribution in [0.5, 0.6) is 0 Å². The number of hydrogen-bond donors (Lipinski definition) is 0. The van der Waals surface area contributed by atoms with Crippen LogP contribution < -0.4 is 5.32 Å². The first kappa shape index (κ1) is 14.8. The van der Waals surface area contributed by atoms with Crippen molar-refractivity contribution in [3.05, 3.63) is 71.8 Å². The van der Waals surface area contributed by atoms with Crippen LogP contribution in [0.3, 0.4) is 0 Å². The molecule has 2 aromatic carbocycles. The predicted octanol–water partition coefficient (Wildman–Crippen LogP) is 4.25. The summed E-state index contributed by atoms with van der Waals surface area (Å²) in [6.07, 6.45) is 5.95. The summed E-state index contributed by atoms with van der Waals surface area (Å²) in [5.74, 6) is 0. The van der Waals surface area contributed by atoms with E-state index < -0.39 is 0 Å². The average Bonchev–Trinajstić information content (AvgIpc) is 2.52. The number of aryl methyl sites for hydroxylation is 2. The van der Waals surface area contributed by atoms with Crippen molar-refractivity contribution in [1.82, 2.24) is 5.32 Å². The molecule has 2 aromatic rings. The van der Waals surface area contributed by atoms with Gasteiger partial charge in [0, 0.05) is 13.1 Å². The van der Waals surface area contributed by atoms with Crippen LogP contribution in [-0.2, 0) is 12.8 Å². The summed E-state index contributed by atoms with van der Waals surface area (Å²) in [4.78, 5) is 0. The van der Waals surface area contributed by atoms with Crippen LogP contribution in [0.25, 0.3) is 0 Å². The molecule has 0 saturated carbocycles. The minimum Gasteiger partial charge on any atom is -0.242 e. The lowest BCUT2D eigenvalue weighted by Crippen LogP contribution is -2.09. The van der Waals surface area contributed by atoms with Crippen molar-refractivity contribution in [1.29, 1.82) is 0 Å². The molecule has 1 nitrogen and oxygen atoms in total. The third kappa shape index (κ3) is 6.03. The molecular weight excluding hydrogens is 242 g/mol. The van der Waals surface area contributed by atoms with Gasteiger partial charge in [0.15, 0.2) is 0 Å². The molecule has 0 aromatic heterocycles. The van der Waals surface area contributed by atoms with Gasteiger partial charge in [-0.1, -0.05) is 60.7 Å². The van der Waals surface area contributed by atoms with E-state index >= 15 is 0 Å². The zero-order chi connectivity index (χ0) is 13.9. The van der Waals surface area contributed by atoms with E-state index in [-0.39, 0.29) is 0 Å². The maximum absolute atomic E-state index is 4.62. The third-order valence-electron chi connectivity index (χ3n) is 3.50. The molecule has 0 aliphatic carbocycles. The molecule has 0 fully saturated rings. The van der Waals surface area contributed by atoms with Crippen LogP contribution in [0, 0.1) is 0 Å². The first-order chi connectivity index (χ1) is 9.95. The third-order valence-corrected chi connectivity index (χ3v) is 3.50. The summed E-state index contributed by atoms with van der Waals surface area (Å²) in [7, 11) is 0. The van der Waals surface area contributed by atoms with Crippen LogP contribution in [0.4, 0.5) is 0 Å². The number of nitrogens with zero attached hydrogens (tertiary/aromatic N) is 1. The highest BCUT2D eigenvalue weighted by atomic mass is 14.8. The van der Waals surface area contributed by atoms with Gasteiger partial charge in [0.05, 0.1) is 0 Å². The number of hydrogen-bond acceptors (Lipinski definition) is 0. The quantitative estimate of drug-likeness (QED) is 0.603. The Kier molecular flexibility index (Phi) is 6.90. The van der Waals surface area contributed by atoms with Crippen molar-refractivity contribution in [3.8, 4) is 0 Å². The van der Waals surface area contributed by atoms with Gasteiger partial charge in [-0.05, 0) is 43.2 Å². The van der Waals surface area contributed by atoms with E-state index in [0.29, 0.717) is 0 Å². The molecule has 105 valence electrons. The predicted molar refractivity (Wildman–Crippen MR) is 86.0 cm³/mol. The molecule has 1 radical (unpaired) electrons. The van der Waals surface area contributed by atoms with Gasteiger partial charge >= 0.3 is 0 Å². The van der Waals surface area contributed by atoms with E-state index in [0.717, 1.165) is 19.5 Å². The topological polar surface area (TPSA) is 14.1 Å². The summed E-state index contributed by atoms with van der Waals surface area (Å²) in [6, 6.07) is 21.4. The molecule has 0 amide bonds. The maximum atomic E-state index is 4.62. The van der Waals surface area contributed by atoms with Crippen molar-refractivity contribution in [2.45, 2.75) is 32.1 Å². The Labute approximate surface area is 123 Å². The molecule has 0 spiro atoms. The second-order valence-electron chi connectivity index (χ2n) is 5.20. The Morgan fingerprint density at radius 1 is 0.550 bits per heavy atom. The van der Waals surface area contributed by atoms with Crippen molar-refractivity contribution in [2.75, 3.05) is 13.1 Å². The second-order valence-corrected chi connectivity index (χ2v) is 5.20. The highest BCUT2D eigenvalue weighted by Crippen LogP contribution is 2.04. The Morgan fingerprint density at radius 3 is 1.65 bits per heavy atom. The van der Waals surface area contributed by atoms with Gasteiger partial charge in [-0.3, -0.25) is 0 Å². The van der Waals surface area contributed by atoms with Gasteiger partial charge in [0.1, 0.15) is 0 Å². The normalized spacial score (nSPS) is 10.6. The molecule has 0 unspecified atom stereocenters. The van der Waals surface area contributed by atoms with E-state index in [1.807, 2.05) is 0 Å². The molecule has 20 heavy (non-hydrogen) atoms. The van der Waals surface area contributed by atoms with E-state index in [2.05, 4.69) is 66.0 Å². The SMILES string of the molecule is c1ccc(CCCC[N]CCCc2ccccc2)cc1. The van der Waals surface area contributed by atoms with Crippen LogP contribution in [0.1, 0.15) is 30.4 Å². The standard InChI is InChI=1S/C19H24N/c1-3-10-18(11-4-1)14-7-8-16-20-17-9-15-19-12-5-2-6-13-19/h1-6,10-13H,7-9,14-17H2. The van der Waals surface area contributed by atoms with Crippen molar-refractivity contribution >= 4 is 0 Å². The van der Waals surface area contributed by atoms with E-state index in [1.54, 1.807) is 0 Å². The summed E-state index contributed by atoms with van der Waals surface area (Å²) in [6.45, 7) is 2.02. The Morgan fingerprint density at radius 2 is 1.05 bits per heavy atom. The fourth-order valence-electron chi connectivity index (χ4n) is 2.35. The first-order valence-electron chi connectivity index (χ1n) is 7.66. The lowest BCUT2D eigenvalue weighted by molar-refractivity contribution is 0.594. The van der Waals surface area contributed by atoms with Crippen molar-refractivity contribution in [2.24, 2.45) is 0 Å². The highest BCUT2D eigenvalue weighted by Gasteiger charge is 1.95. The molecule has 0 bridgehead atoms. The molecule has 1 heteroatoms. The lowest BCUT2D eigenvalue weighted by atomic mass is 10.1. The first-order valence-corrected chi connectivity index (χ1v) is 7.66. The molecule has 0 atom stereocenters. The van der Waals surface area contributed by atoms with Crippen LogP contribution >= 0.6 is 0 Å². The van der Waals surface area contributed by atoms with E-state index in [1.165, 1.54) is 36.8 Å². The fourth-order valence-corrected chi connectivity index (χ4v) is 2.35. The zero-order valence-corrected chi connectivity index (χ0v) is 12.2. The number of benzene rings is 2. The minimum absolute atomic E-state index is 1.00. The van der Waals surface area contributed by atoms with Crippen LogP contribution in [0.2, 0.25) is 0 Å². The van der Waals surface area contributed by atoms with Crippen molar-refractivity contribution < 1.29 is 0 Å². The summed E-state index contributed by atoms with van der Waals surface area (Å²) in [5, 5.41) is 4.62. The van der Waals surface area contributed by atoms with Gasteiger partial charge in [-0.25, -0.2) is 5.32 Å². The molecule has 0 aliphatic rings.